The Balaban J connectivity index is 0.00000112. The van der Waals surface area contributed by atoms with Crippen LogP contribution in [0.4, 0.5) is 0 Å². The van der Waals surface area contributed by atoms with E-state index >= 15 is 0 Å². The largest absolute Gasteiger partial charge is 0.419 e. The second-order valence-corrected chi connectivity index (χ2v) is 2.61. The first kappa shape index (κ1) is 12.5. The molecule has 0 aliphatic heterocycles. The van der Waals surface area contributed by atoms with Gasteiger partial charge >= 0.3 is 5.97 Å². The van der Waals surface area contributed by atoms with E-state index < -0.39 is 5.97 Å². The number of pyridine rings is 1. The number of nitrogens with zero attached hydrogens (tertiary/aromatic N) is 1. The second kappa shape index (κ2) is 5.52. The van der Waals surface area contributed by atoms with Crippen LogP contribution in [-0.4, -0.2) is 73.6 Å². The molecular formula is C9H6KN2O3. The summed E-state index contributed by atoms with van der Waals surface area (Å²) < 4.78 is 4.75. The van der Waals surface area contributed by atoms with Crippen molar-refractivity contribution in [2.24, 2.45) is 0 Å². The van der Waals surface area contributed by atoms with Gasteiger partial charge in [-0.15, -0.1) is 0 Å². The summed E-state index contributed by atoms with van der Waals surface area (Å²) in [4.78, 5) is 27.5. The molecule has 1 radical (unpaired) electrons. The summed E-state index contributed by atoms with van der Waals surface area (Å²) in [6, 6.07) is 1.69. The molecule has 0 amide bonds. The van der Waals surface area contributed by atoms with E-state index in [2.05, 4.69) is 9.97 Å². The van der Waals surface area contributed by atoms with Crippen molar-refractivity contribution in [2.45, 2.75) is 0 Å². The van der Waals surface area contributed by atoms with Crippen LogP contribution in [0, 0.1) is 0 Å². The number of carbonyl (C=O) groups is 2. The zero-order valence-electron chi connectivity index (χ0n) is 8.06. The second-order valence-electron chi connectivity index (χ2n) is 2.61. The van der Waals surface area contributed by atoms with Crippen LogP contribution in [-0.2, 0) is 9.59 Å². The number of esters is 1. The summed E-state index contributed by atoms with van der Waals surface area (Å²) in [7, 11) is 0. The number of carbonyl (C=O) groups excluding carboxylic acids is 2. The van der Waals surface area contributed by atoms with Crippen molar-refractivity contribution >= 4 is 74.5 Å². The summed E-state index contributed by atoms with van der Waals surface area (Å²) in [5.41, 5.74) is 0.751. The zero-order chi connectivity index (χ0) is 9.97. The van der Waals surface area contributed by atoms with E-state index in [1.165, 1.54) is 6.20 Å². The van der Waals surface area contributed by atoms with Crippen LogP contribution in [0.5, 0.6) is 5.75 Å². The average molecular weight is 229 g/mol. The molecule has 15 heavy (non-hydrogen) atoms. The Hall–Kier alpha value is -0.534. The van der Waals surface area contributed by atoms with Crippen LogP contribution >= 0.6 is 0 Å². The third-order valence-electron chi connectivity index (χ3n) is 1.75. The van der Waals surface area contributed by atoms with Crippen LogP contribution in [0.1, 0.15) is 0 Å². The summed E-state index contributed by atoms with van der Waals surface area (Å²) in [6.07, 6.45) is 4.82. The van der Waals surface area contributed by atoms with Gasteiger partial charge < -0.3 is 9.72 Å². The smallest absolute Gasteiger partial charge is 0.376 e. The molecule has 2 heterocycles. The monoisotopic (exact) mass is 229 g/mol. The fraction of sp³-hybridized carbons (Fsp3) is 0. The molecule has 0 aliphatic rings. The Morgan fingerprint density at radius 1 is 1.53 bits per heavy atom. The maximum Gasteiger partial charge on any atom is 0.376 e. The summed E-state index contributed by atoms with van der Waals surface area (Å²) in [5, 5.41) is 0.718. The molecule has 0 spiro atoms. The molecule has 71 valence electrons. The van der Waals surface area contributed by atoms with Crippen molar-refractivity contribution in [1.82, 2.24) is 9.97 Å². The minimum atomic E-state index is -0.914. The Labute approximate surface area is 128 Å². The van der Waals surface area contributed by atoms with Crippen molar-refractivity contribution < 1.29 is 14.3 Å². The molecular weight excluding hydrogens is 223 g/mol. The van der Waals surface area contributed by atoms with E-state index in [0.29, 0.717) is 5.75 Å². The van der Waals surface area contributed by atoms with Gasteiger partial charge in [0.05, 0.1) is 11.7 Å². The fourth-order valence-electron chi connectivity index (χ4n) is 1.16. The molecule has 2 aromatic heterocycles. The number of hydrogen-bond donors (Lipinski definition) is 1. The number of rotatable bonds is 2. The maximum atomic E-state index is 10.7. The molecule has 0 saturated carbocycles. The number of hydrogen-bond acceptors (Lipinski definition) is 4. The summed E-state index contributed by atoms with van der Waals surface area (Å²) in [5.74, 6) is -0.581. The van der Waals surface area contributed by atoms with E-state index in [1.54, 1.807) is 18.5 Å². The third kappa shape index (κ3) is 2.73. The normalized spacial score (nSPS) is 9.33. The fourth-order valence-corrected chi connectivity index (χ4v) is 1.16. The molecule has 0 fully saturated rings. The Kier molecular flexibility index (Phi) is 4.62. The molecule has 2 rings (SSSR count). The molecule has 5 nitrogen and oxygen atoms in total. The number of nitrogens with one attached hydrogen (secondary N) is 1. The van der Waals surface area contributed by atoms with Gasteiger partial charge in [-0.05, 0) is 6.07 Å². The molecule has 0 bridgehead atoms. The van der Waals surface area contributed by atoms with Crippen LogP contribution in [0.25, 0.3) is 10.9 Å². The van der Waals surface area contributed by atoms with Crippen molar-refractivity contribution in [3.63, 3.8) is 0 Å². The van der Waals surface area contributed by atoms with Crippen molar-refractivity contribution in [1.29, 1.82) is 0 Å². The molecule has 0 saturated heterocycles. The van der Waals surface area contributed by atoms with Gasteiger partial charge in [-0.3, -0.25) is 9.78 Å². The number of H-pyrrole nitrogens is 1. The Bertz CT molecular complexity index is 495. The van der Waals surface area contributed by atoms with Crippen molar-refractivity contribution in [2.75, 3.05) is 0 Å². The first-order valence-electron chi connectivity index (χ1n) is 3.89. The molecule has 0 unspecified atom stereocenters. The Morgan fingerprint density at radius 2 is 2.33 bits per heavy atom. The summed E-state index contributed by atoms with van der Waals surface area (Å²) in [6.45, 7) is 0. The zero-order valence-corrected chi connectivity index (χ0v) is 11.2. The Morgan fingerprint density at radius 3 is 3.07 bits per heavy atom. The number of aromatic nitrogens is 2. The number of fused-ring (bicyclic) bond motifs is 1. The predicted octanol–water partition coefficient (Wildman–Crippen LogP) is 0.286. The van der Waals surface area contributed by atoms with Gasteiger partial charge in [0.1, 0.15) is 0 Å². The third-order valence-corrected chi connectivity index (χ3v) is 1.75. The topological polar surface area (TPSA) is 72.1 Å². The first-order valence-corrected chi connectivity index (χ1v) is 3.89. The molecule has 1 N–H and O–H groups in total. The number of aldehydes is 1. The van der Waals surface area contributed by atoms with Gasteiger partial charge in [0.2, 0.25) is 6.29 Å². The molecule has 0 atom stereocenters. The first-order chi connectivity index (χ1) is 6.81. The summed E-state index contributed by atoms with van der Waals surface area (Å²) >= 11 is 0. The SMILES string of the molecule is O=CC(=O)Oc1c[nH]c2cnccc12.[K]. The van der Waals surface area contributed by atoms with Crippen LogP contribution in [0.3, 0.4) is 0 Å². The van der Waals surface area contributed by atoms with E-state index in [0.717, 1.165) is 10.9 Å². The number of aromatic amines is 1. The molecule has 6 heteroatoms. The van der Waals surface area contributed by atoms with E-state index in [-0.39, 0.29) is 57.7 Å². The van der Waals surface area contributed by atoms with Gasteiger partial charge in [-0.2, -0.15) is 0 Å². The van der Waals surface area contributed by atoms with Crippen molar-refractivity contribution in [3.8, 4) is 5.75 Å². The minimum absolute atomic E-state index is 0. The maximum absolute atomic E-state index is 10.7. The van der Waals surface area contributed by atoms with Crippen molar-refractivity contribution in [3.05, 3.63) is 24.7 Å². The quantitative estimate of drug-likeness (QED) is 0.347. The van der Waals surface area contributed by atoms with Crippen LogP contribution < -0.4 is 4.74 Å². The minimum Gasteiger partial charge on any atom is -0.419 e. The van der Waals surface area contributed by atoms with E-state index in [4.69, 9.17) is 4.74 Å². The van der Waals surface area contributed by atoms with Gasteiger partial charge in [-0.1, -0.05) is 0 Å². The average Bonchev–Trinajstić information content (AvgIpc) is 2.62. The number of ether oxygens (including phenoxy) is 1. The predicted molar refractivity (Wildman–Crippen MR) is 53.5 cm³/mol. The molecule has 0 aliphatic carbocycles. The van der Waals surface area contributed by atoms with E-state index in [1.807, 2.05) is 0 Å². The van der Waals surface area contributed by atoms with Crippen LogP contribution in [0.15, 0.2) is 24.7 Å². The van der Waals surface area contributed by atoms with Gasteiger partial charge in [0, 0.05) is 69.2 Å². The van der Waals surface area contributed by atoms with Gasteiger partial charge in [-0.25, -0.2) is 4.79 Å². The van der Waals surface area contributed by atoms with Gasteiger partial charge in [0.25, 0.3) is 0 Å². The molecule has 0 aromatic carbocycles. The van der Waals surface area contributed by atoms with Gasteiger partial charge in [0.15, 0.2) is 5.75 Å². The molecule has 2 aromatic rings. The standard InChI is InChI=1S/C9H6N2O3.K/c12-5-9(13)14-8-4-11-7-3-10-2-1-6(7)8;/h1-5,11H;. The van der Waals surface area contributed by atoms with E-state index in [9.17, 15) is 9.59 Å². The van der Waals surface area contributed by atoms with Crippen LogP contribution in [0.2, 0.25) is 0 Å².